The Labute approximate surface area is 85.4 Å². The van der Waals surface area contributed by atoms with Gasteiger partial charge in [-0.05, 0) is 19.0 Å². The minimum Gasteiger partial charge on any atom is -0.468 e. The fourth-order valence-corrected chi connectivity index (χ4v) is 1.22. The molecule has 1 rings (SSSR count). The summed E-state index contributed by atoms with van der Waals surface area (Å²) in [5, 5.41) is 3.06. The van der Waals surface area contributed by atoms with E-state index in [9.17, 15) is 0 Å². The summed E-state index contributed by atoms with van der Waals surface area (Å²) in [6.07, 6.45) is 1.71. The highest BCUT2D eigenvalue weighted by molar-refractivity contribution is 5.15. The molecule has 0 aliphatic carbocycles. The van der Waals surface area contributed by atoms with Crippen molar-refractivity contribution in [1.82, 2.24) is 5.32 Å². The maximum absolute atomic E-state index is 5.54. The summed E-state index contributed by atoms with van der Waals surface area (Å²) in [6.45, 7) is 6.48. The molecule has 0 aromatic carbocycles. The van der Waals surface area contributed by atoms with Crippen molar-refractivity contribution in [2.45, 2.75) is 27.0 Å². The fourth-order valence-electron chi connectivity index (χ4n) is 1.22. The number of hydrogen-bond donors (Lipinski definition) is 1. The number of hydrogen-bond acceptors (Lipinski definition) is 3. The lowest BCUT2D eigenvalue weighted by Crippen LogP contribution is -2.07. The van der Waals surface area contributed by atoms with E-state index in [1.54, 1.807) is 6.26 Å². The Kier molecular flexibility index (Phi) is 4.70. The van der Waals surface area contributed by atoms with Gasteiger partial charge in [-0.1, -0.05) is 13.8 Å². The normalized spacial score (nSPS) is 11.1. The van der Waals surface area contributed by atoms with Gasteiger partial charge in [-0.15, -0.1) is 0 Å². The first-order valence-corrected chi connectivity index (χ1v) is 5.01. The van der Waals surface area contributed by atoms with Crippen LogP contribution in [0.2, 0.25) is 0 Å². The van der Waals surface area contributed by atoms with Gasteiger partial charge in [0.1, 0.15) is 5.76 Å². The van der Waals surface area contributed by atoms with Crippen molar-refractivity contribution >= 4 is 0 Å². The molecule has 0 atom stereocenters. The summed E-state index contributed by atoms with van der Waals surface area (Å²) in [4.78, 5) is 0. The first kappa shape index (κ1) is 11.3. The predicted molar refractivity (Wildman–Crippen MR) is 56.0 cm³/mol. The highest BCUT2D eigenvalue weighted by Crippen LogP contribution is 2.11. The maximum Gasteiger partial charge on any atom is 0.123 e. The molecule has 0 saturated heterocycles. The van der Waals surface area contributed by atoms with Gasteiger partial charge in [-0.2, -0.15) is 0 Å². The molecule has 0 aliphatic heterocycles. The highest BCUT2D eigenvalue weighted by Gasteiger charge is 2.05. The van der Waals surface area contributed by atoms with Crippen LogP contribution in [0.5, 0.6) is 0 Å². The lowest BCUT2D eigenvalue weighted by molar-refractivity contribution is 0.0959. The van der Waals surface area contributed by atoms with Crippen LogP contribution in [0.15, 0.2) is 16.7 Å². The van der Waals surface area contributed by atoms with Crippen LogP contribution < -0.4 is 5.32 Å². The summed E-state index contributed by atoms with van der Waals surface area (Å²) in [5.74, 6) is 1.55. The van der Waals surface area contributed by atoms with E-state index >= 15 is 0 Å². The molecule has 0 aliphatic rings. The Balaban J connectivity index is 2.37. The number of rotatable bonds is 6. The maximum atomic E-state index is 5.54. The monoisotopic (exact) mass is 197 g/mol. The molecule has 1 aromatic heterocycles. The van der Waals surface area contributed by atoms with Gasteiger partial charge in [0.15, 0.2) is 0 Å². The lowest BCUT2D eigenvalue weighted by Gasteiger charge is -2.06. The van der Waals surface area contributed by atoms with Gasteiger partial charge in [-0.3, -0.25) is 0 Å². The quantitative estimate of drug-likeness (QED) is 0.759. The molecule has 1 aromatic rings. The Hall–Kier alpha value is -0.800. The molecule has 0 amide bonds. The Morgan fingerprint density at radius 1 is 1.50 bits per heavy atom. The van der Waals surface area contributed by atoms with Crippen molar-refractivity contribution in [3.8, 4) is 0 Å². The lowest BCUT2D eigenvalue weighted by atomic mass is 10.2. The van der Waals surface area contributed by atoms with E-state index in [4.69, 9.17) is 9.15 Å². The van der Waals surface area contributed by atoms with Crippen LogP contribution in [-0.4, -0.2) is 13.7 Å². The largest absolute Gasteiger partial charge is 0.468 e. The van der Waals surface area contributed by atoms with Crippen LogP contribution >= 0.6 is 0 Å². The SMILES string of the molecule is CNCc1occc1COCC(C)C. The Bertz CT molecular complexity index is 256. The molecule has 0 fully saturated rings. The van der Waals surface area contributed by atoms with E-state index in [0.717, 1.165) is 24.5 Å². The summed E-state index contributed by atoms with van der Waals surface area (Å²) in [6, 6.07) is 1.97. The first-order valence-electron chi connectivity index (χ1n) is 5.01. The van der Waals surface area contributed by atoms with Crippen molar-refractivity contribution in [3.63, 3.8) is 0 Å². The predicted octanol–water partition coefficient (Wildman–Crippen LogP) is 2.17. The minimum atomic E-state index is 0.578. The first-order chi connectivity index (χ1) is 6.74. The smallest absolute Gasteiger partial charge is 0.123 e. The molecule has 80 valence electrons. The second kappa shape index (κ2) is 5.83. The van der Waals surface area contributed by atoms with Gasteiger partial charge in [0.2, 0.25) is 0 Å². The van der Waals surface area contributed by atoms with Gasteiger partial charge in [0, 0.05) is 12.2 Å². The molecule has 0 unspecified atom stereocenters. The van der Waals surface area contributed by atoms with Crippen molar-refractivity contribution in [2.24, 2.45) is 5.92 Å². The topological polar surface area (TPSA) is 34.4 Å². The molecule has 0 saturated carbocycles. The minimum absolute atomic E-state index is 0.578. The summed E-state index contributed by atoms with van der Waals surface area (Å²) in [5.41, 5.74) is 1.14. The zero-order valence-corrected chi connectivity index (χ0v) is 9.17. The van der Waals surface area contributed by atoms with E-state index in [0.29, 0.717) is 12.5 Å². The van der Waals surface area contributed by atoms with Crippen LogP contribution in [0, 0.1) is 5.92 Å². The third-order valence-electron chi connectivity index (χ3n) is 1.88. The third-order valence-corrected chi connectivity index (χ3v) is 1.88. The van der Waals surface area contributed by atoms with Gasteiger partial charge in [0.05, 0.1) is 19.4 Å². The molecular formula is C11H19NO2. The second-order valence-electron chi connectivity index (χ2n) is 3.81. The van der Waals surface area contributed by atoms with Crippen LogP contribution in [0.25, 0.3) is 0 Å². The molecule has 3 heteroatoms. The van der Waals surface area contributed by atoms with Gasteiger partial charge < -0.3 is 14.5 Å². The van der Waals surface area contributed by atoms with Crippen LogP contribution in [0.4, 0.5) is 0 Å². The molecule has 3 nitrogen and oxygen atoms in total. The van der Waals surface area contributed by atoms with Crippen molar-refractivity contribution in [3.05, 3.63) is 23.7 Å². The Morgan fingerprint density at radius 2 is 2.29 bits per heavy atom. The number of nitrogens with one attached hydrogen (secondary N) is 1. The summed E-state index contributed by atoms with van der Waals surface area (Å²) in [7, 11) is 1.90. The molecule has 14 heavy (non-hydrogen) atoms. The average molecular weight is 197 g/mol. The molecule has 1 N–H and O–H groups in total. The zero-order valence-electron chi connectivity index (χ0n) is 9.17. The molecule has 0 bridgehead atoms. The van der Waals surface area contributed by atoms with E-state index in [1.807, 2.05) is 13.1 Å². The highest BCUT2D eigenvalue weighted by atomic mass is 16.5. The van der Waals surface area contributed by atoms with E-state index in [1.165, 1.54) is 0 Å². The molecule has 0 spiro atoms. The van der Waals surface area contributed by atoms with E-state index in [-0.39, 0.29) is 0 Å². The van der Waals surface area contributed by atoms with Crippen molar-refractivity contribution < 1.29 is 9.15 Å². The van der Waals surface area contributed by atoms with E-state index < -0.39 is 0 Å². The average Bonchev–Trinajstić information content (AvgIpc) is 2.53. The van der Waals surface area contributed by atoms with Crippen LogP contribution in [0.3, 0.4) is 0 Å². The standard InChI is InChI=1S/C11H19NO2/c1-9(2)7-13-8-10-4-5-14-11(10)6-12-3/h4-5,9,12H,6-8H2,1-3H3. The van der Waals surface area contributed by atoms with Crippen LogP contribution in [0.1, 0.15) is 25.2 Å². The number of furan rings is 1. The molecule has 0 radical (unpaired) electrons. The molecular weight excluding hydrogens is 178 g/mol. The molecule has 1 heterocycles. The zero-order chi connectivity index (χ0) is 10.4. The third kappa shape index (κ3) is 3.52. The second-order valence-corrected chi connectivity index (χ2v) is 3.81. The van der Waals surface area contributed by atoms with Gasteiger partial charge in [-0.25, -0.2) is 0 Å². The summed E-state index contributed by atoms with van der Waals surface area (Å²) < 4.78 is 10.9. The van der Waals surface area contributed by atoms with E-state index in [2.05, 4.69) is 19.2 Å². The summed E-state index contributed by atoms with van der Waals surface area (Å²) >= 11 is 0. The fraction of sp³-hybridized carbons (Fsp3) is 0.636. The van der Waals surface area contributed by atoms with Gasteiger partial charge >= 0.3 is 0 Å². The Morgan fingerprint density at radius 3 is 2.93 bits per heavy atom. The van der Waals surface area contributed by atoms with Crippen LogP contribution in [-0.2, 0) is 17.9 Å². The van der Waals surface area contributed by atoms with Crippen molar-refractivity contribution in [1.29, 1.82) is 0 Å². The van der Waals surface area contributed by atoms with Crippen molar-refractivity contribution in [2.75, 3.05) is 13.7 Å². The van der Waals surface area contributed by atoms with Gasteiger partial charge in [0.25, 0.3) is 0 Å². The number of ether oxygens (including phenoxy) is 1.